The molecule has 0 saturated heterocycles. The summed E-state index contributed by atoms with van der Waals surface area (Å²) in [7, 11) is 0. The van der Waals surface area contributed by atoms with Gasteiger partial charge in [-0.05, 0) is 37.7 Å². The van der Waals surface area contributed by atoms with Crippen LogP contribution in [0.25, 0.3) is 0 Å². The number of hydrogen-bond donors (Lipinski definition) is 2. The summed E-state index contributed by atoms with van der Waals surface area (Å²) in [6.45, 7) is 2.59. The molecule has 0 radical (unpaired) electrons. The van der Waals surface area contributed by atoms with Crippen LogP contribution < -0.4 is 5.32 Å². The predicted octanol–water partition coefficient (Wildman–Crippen LogP) is 1.81. The number of nitrogens with zero attached hydrogens (tertiary/aromatic N) is 2. The van der Waals surface area contributed by atoms with Crippen LogP contribution >= 0.6 is 0 Å². The third kappa shape index (κ3) is 3.83. The number of carboxylic acids is 1. The van der Waals surface area contributed by atoms with E-state index in [9.17, 15) is 14.7 Å². The first kappa shape index (κ1) is 15.5. The van der Waals surface area contributed by atoms with Crippen molar-refractivity contribution >= 4 is 11.9 Å². The molecule has 0 atom stereocenters. The average molecular weight is 293 g/mol. The van der Waals surface area contributed by atoms with Crippen LogP contribution in [0.3, 0.4) is 0 Å². The third-order valence-corrected chi connectivity index (χ3v) is 4.45. The number of hydrogen-bond acceptors (Lipinski definition) is 3. The van der Waals surface area contributed by atoms with Crippen LogP contribution in [-0.2, 0) is 16.1 Å². The SMILES string of the molecule is CCC1CCC(NC(=O)CCn2cccn2)(C(=O)O)CC1. The molecule has 2 N–H and O–H groups in total. The van der Waals surface area contributed by atoms with Crippen molar-refractivity contribution < 1.29 is 14.7 Å². The lowest BCUT2D eigenvalue weighted by Crippen LogP contribution is -2.56. The Hall–Kier alpha value is -1.85. The van der Waals surface area contributed by atoms with E-state index in [0.717, 1.165) is 19.3 Å². The van der Waals surface area contributed by atoms with E-state index in [-0.39, 0.29) is 12.3 Å². The zero-order valence-corrected chi connectivity index (χ0v) is 12.4. The van der Waals surface area contributed by atoms with Crippen molar-refractivity contribution in [2.24, 2.45) is 5.92 Å². The number of carboxylic acid groups (broad SMARTS) is 1. The minimum Gasteiger partial charge on any atom is -0.480 e. The maximum absolute atomic E-state index is 12.1. The molecule has 1 fully saturated rings. The Bertz CT molecular complexity index is 476. The van der Waals surface area contributed by atoms with Gasteiger partial charge in [-0.15, -0.1) is 0 Å². The van der Waals surface area contributed by atoms with Crippen molar-refractivity contribution in [2.75, 3.05) is 0 Å². The van der Waals surface area contributed by atoms with Gasteiger partial charge in [-0.1, -0.05) is 13.3 Å². The summed E-state index contributed by atoms with van der Waals surface area (Å²) in [6.07, 6.45) is 7.53. The van der Waals surface area contributed by atoms with Gasteiger partial charge < -0.3 is 10.4 Å². The lowest BCUT2D eigenvalue weighted by Gasteiger charge is -2.37. The van der Waals surface area contributed by atoms with Gasteiger partial charge in [0.05, 0.1) is 0 Å². The molecule has 1 aliphatic carbocycles. The predicted molar refractivity (Wildman–Crippen MR) is 77.6 cm³/mol. The number of aliphatic carboxylic acids is 1. The van der Waals surface area contributed by atoms with Crippen LogP contribution in [0.2, 0.25) is 0 Å². The lowest BCUT2D eigenvalue weighted by atomic mass is 9.75. The maximum atomic E-state index is 12.1. The molecule has 21 heavy (non-hydrogen) atoms. The van der Waals surface area contributed by atoms with E-state index in [2.05, 4.69) is 17.3 Å². The van der Waals surface area contributed by atoms with Crippen LogP contribution in [-0.4, -0.2) is 32.3 Å². The van der Waals surface area contributed by atoms with Crippen LogP contribution in [0, 0.1) is 5.92 Å². The van der Waals surface area contributed by atoms with Crippen molar-refractivity contribution in [1.82, 2.24) is 15.1 Å². The number of carbonyl (C=O) groups is 2. The molecule has 1 aromatic heterocycles. The molecule has 116 valence electrons. The normalized spacial score (nSPS) is 25.5. The molecule has 0 unspecified atom stereocenters. The highest BCUT2D eigenvalue weighted by Gasteiger charge is 2.42. The molecule has 1 heterocycles. The van der Waals surface area contributed by atoms with Crippen molar-refractivity contribution in [3.8, 4) is 0 Å². The fourth-order valence-corrected chi connectivity index (χ4v) is 2.95. The molecule has 1 aliphatic rings. The van der Waals surface area contributed by atoms with Crippen molar-refractivity contribution in [3.63, 3.8) is 0 Å². The monoisotopic (exact) mass is 293 g/mol. The van der Waals surface area contributed by atoms with Crippen molar-refractivity contribution in [1.29, 1.82) is 0 Å². The number of amides is 1. The molecular formula is C15H23N3O3. The topological polar surface area (TPSA) is 84.2 Å². The Balaban J connectivity index is 1.90. The summed E-state index contributed by atoms with van der Waals surface area (Å²) in [6, 6.07) is 1.79. The number of rotatable bonds is 6. The molecule has 0 spiro atoms. The highest BCUT2D eigenvalue weighted by atomic mass is 16.4. The average Bonchev–Trinajstić information content (AvgIpc) is 2.99. The highest BCUT2D eigenvalue weighted by molar-refractivity contribution is 5.87. The minimum absolute atomic E-state index is 0.220. The summed E-state index contributed by atoms with van der Waals surface area (Å²) < 4.78 is 1.67. The van der Waals surface area contributed by atoms with Gasteiger partial charge in [0.1, 0.15) is 5.54 Å². The molecule has 1 saturated carbocycles. The second-order valence-electron chi connectivity index (χ2n) is 5.81. The zero-order valence-electron chi connectivity index (χ0n) is 12.4. The van der Waals surface area contributed by atoms with E-state index in [1.165, 1.54) is 0 Å². The van der Waals surface area contributed by atoms with E-state index in [0.29, 0.717) is 25.3 Å². The number of nitrogens with one attached hydrogen (secondary N) is 1. The van der Waals surface area contributed by atoms with Crippen LogP contribution in [0.1, 0.15) is 45.4 Å². The Morgan fingerprint density at radius 1 is 1.43 bits per heavy atom. The highest BCUT2D eigenvalue weighted by Crippen LogP contribution is 2.34. The standard InChI is InChI=1S/C15H23N3O3/c1-2-12-4-7-15(8-5-12,14(20)21)17-13(19)6-11-18-10-3-9-16-18/h3,9-10,12H,2,4-8,11H2,1H3,(H,17,19)(H,20,21). The smallest absolute Gasteiger partial charge is 0.329 e. The Morgan fingerprint density at radius 2 is 2.14 bits per heavy atom. The number of aromatic nitrogens is 2. The van der Waals surface area contributed by atoms with E-state index < -0.39 is 11.5 Å². The van der Waals surface area contributed by atoms with Crippen LogP contribution in [0.5, 0.6) is 0 Å². The summed E-state index contributed by atoms with van der Waals surface area (Å²) in [5.41, 5.74) is -1.08. The first-order valence-corrected chi connectivity index (χ1v) is 7.57. The van der Waals surface area contributed by atoms with Gasteiger partial charge >= 0.3 is 5.97 Å². The van der Waals surface area contributed by atoms with E-state index in [4.69, 9.17) is 0 Å². The number of aryl methyl sites for hydroxylation is 1. The zero-order chi connectivity index (χ0) is 15.3. The number of carbonyl (C=O) groups excluding carboxylic acids is 1. The van der Waals surface area contributed by atoms with Gasteiger partial charge in [0.15, 0.2) is 0 Å². The summed E-state index contributed by atoms with van der Waals surface area (Å²) in [4.78, 5) is 23.7. The van der Waals surface area contributed by atoms with Gasteiger partial charge in [-0.2, -0.15) is 5.10 Å². The molecule has 1 amide bonds. The Labute approximate surface area is 124 Å². The summed E-state index contributed by atoms with van der Waals surface area (Å²) in [5, 5.41) is 16.3. The maximum Gasteiger partial charge on any atom is 0.329 e. The molecule has 6 heteroatoms. The summed E-state index contributed by atoms with van der Waals surface area (Å²) in [5.74, 6) is -0.550. The van der Waals surface area contributed by atoms with Crippen molar-refractivity contribution in [3.05, 3.63) is 18.5 Å². The van der Waals surface area contributed by atoms with Crippen molar-refractivity contribution in [2.45, 2.75) is 57.5 Å². The third-order valence-electron chi connectivity index (χ3n) is 4.45. The second-order valence-corrected chi connectivity index (χ2v) is 5.81. The van der Waals surface area contributed by atoms with E-state index >= 15 is 0 Å². The van der Waals surface area contributed by atoms with Gasteiger partial charge in [0, 0.05) is 25.4 Å². The molecular weight excluding hydrogens is 270 g/mol. The first-order valence-electron chi connectivity index (χ1n) is 7.57. The molecule has 0 aromatic carbocycles. The molecule has 0 bridgehead atoms. The largest absolute Gasteiger partial charge is 0.480 e. The lowest BCUT2D eigenvalue weighted by molar-refractivity contribution is -0.149. The van der Waals surface area contributed by atoms with E-state index in [1.807, 2.05) is 0 Å². The quantitative estimate of drug-likeness (QED) is 0.838. The van der Waals surface area contributed by atoms with Gasteiger partial charge in [-0.25, -0.2) is 4.79 Å². The van der Waals surface area contributed by atoms with Gasteiger partial charge in [-0.3, -0.25) is 9.48 Å². The fourth-order valence-electron chi connectivity index (χ4n) is 2.95. The second kappa shape index (κ2) is 6.74. The molecule has 1 aromatic rings. The van der Waals surface area contributed by atoms with Gasteiger partial charge in [0.25, 0.3) is 0 Å². The molecule has 2 rings (SSSR count). The Kier molecular flexibility index (Phi) is 4.98. The minimum atomic E-state index is -1.08. The van der Waals surface area contributed by atoms with Crippen LogP contribution in [0.15, 0.2) is 18.5 Å². The molecule has 6 nitrogen and oxygen atoms in total. The first-order chi connectivity index (χ1) is 10.1. The molecule has 0 aliphatic heterocycles. The Morgan fingerprint density at radius 3 is 2.67 bits per heavy atom. The van der Waals surface area contributed by atoms with Crippen LogP contribution in [0.4, 0.5) is 0 Å². The van der Waals surface area contributed by atoms with E-state index in [1.54, 1.807) is 23.1 Å². The van der Waals surface area contributed by atoms with Gasteiger partial charge in [0.2, 0.25) is 5.91 Å². The summed E-state index contributed by atoms with van der Waals surface area (Å²) >= 11 is 0. The fraction of sp³-hybridized carbons (Fsp3) is 0.667.